The van der Waals surface area contributed by atoms with Gasteiger partial charge in [0.1, 0.15) is 6.33 Å². The minimum Gasteiger partial charge on any atom is -0.310 e. The minimum absolute atomic E-state index is 0.0490. The number of benzene rings is 1. The Hall–Kier alpha value is -3.27. The van der Waals surface area contributed by atoms with Crippen molar-refractivity contribution in [3.63, 3.8) is 0 Å². The van der Waals surface area contributed by atoms with Gasteiger partial charge in [-0.25, -0.2) is 15.0 Å². The smallest absolute Gasteiger partial charge is 0.310 e. The van der Waals surface area contributed by atoms with Crippen molar-refractivity contribution in [3.05, 3.63) is 58.4 Å². The van der Waals surface area contributed by atoms with Crippen LogP contribution in [-0.2, 0) is 0 Å². The maximum atomic E-state index is 11.4. The summed E-state index contributed by atoms with van der Waals surface area (Å²) in [6, 6.07) is 9.18. The van der Waals surface area contributed by atoms with Gasteiger partial charge < -0.3 is 5.32 Å². The van der Waals surface area contributed by atoms with Crippen molar-refractivity contribution in [2.45, 2.75) is 0 Å². The van der Waals surface area contributed by atoms with Crippen LogP contribution in [-0.4, -0.2) is 19.9 Å². The van der Waals surface area contributed by atoms with E-state index in [1.807, 2.05) is 30.3 Å². The fraction of sp³-hybridized carbons (Fsp3) is 0. The van der Waals surface area contributed by atoms with Gasteiger partial charge in [0, 0.05) is 11.6 Å². The number of rotatable bonds is 6. The Labute approximate surface area is 134 Å². The van der Waals surface area contributed by atoms with Crippen LogP contribution in [0.25, 0.3) is 0 Å². The Morgan fingerprint density at radius 1 is 1.04 bits per heavy atom. The van der Waals surface area contributed by atoms with Crippen molar-refractivity contribution in [1.82, 2.24) is 15.0 Å². The molecule has 23 heavy (non-hydrogen) atoms. The SMILES string of the molecule is O=[N+]([O-])c1c(NNc2ccccc2)ncnc1Nc1nccs1. The second-order valence-electron chi connectivity index (χ2n) is 4.25. The molecular formula is C13H11N7O2S. The Bertz CT molecular complexity index is 795. The first-order valence-corrected chi connectivity index (χ1v) is 7.35. The number of nitro groups is 1. The summed E-state index contributed by atoms with van der Waals surface area (Å²) < 4.78 is 0. The number of aromatic nitrogens is 3. The third kappa shape index (κ3) is 3.49. The predicted molar refractivity (Wildman–Crippen MR) is 87.8 cm³/mol. The highest BCUT2D eigenvalue weighted by Gasteiger charge is 2.23. The summed E-state index contributed by atoms with van der Waals surface area (Å²) in [6.07, 6.45) is 2.83. The summed E-state index contributed by atoms with van der Waals surface area (Å²) in [5.74, 6) is 0.116. The van der Waals surface area contributed by atoms with Crippen LogP contribution in [0.5, 0.6) is 0 Å². The standard InChI is InChI=1S/C13H11N7O2S/c21-20(22)10-11(17-13-14-6-7-23-13)15-8-16-12(10)19-18-9-4-2-1-3-5-9/h1-8,18H,(H2,14,15,16,17,19). The molecule has 9 nitrogen and oxygen atoms in total. The molecule has 0 bridgehead atoms. The summed E-state index contributed by atoms with van der Waals surface area (Å²) in [5.41, 5.74) is 6.06. The van der Waals surface area contributed by atoms with Gasteiger partial charge in [0.25, 0.3) is 0 Å². The van der Waals surface area contributed by atoms with Crippen molar-refractivity contribution < 1.29 is 4.92 Å². The van der Waals surface area contributed by atoms with Crippen molar-refractivity contribution in [2.24, 2.45) is 0 Å². The van der Waals surface area contributed by atoms with Gasteiger partial charge in [-0.1, -0.05) is 18.2 Å². The van der Waals surface area contributed by atoms with Gasteiger partial charge in [0.2, 0.25) is 11.6 Å². The van der Waals surface area contributed by atoms with Gasteiger partial charge in [-0.15, -0.1) is 11.3 Å². The van der Waals surface area contributed by atoms with E-state index in [2.05, 4.69) is 31.1 Å². The number of hydrazine groups is 1. The highest BCUT2D eigenvalue weighted by Crippen LogP contribution is 2.31. The Kier molecular flexibility index (Phi) is 4.25. The van der Waals surface area contributed by atoms with E-state index in [-0.39, 0.29) is 17.3 Å². The van der Waals surface area contributed by atoms with Crippen molar-refractivity contribution in [3.8, 4) is 0 Å². The average Bonchev–Trinajstić information content (AvgIpc) is 3.06. The molecular weight excluding hydrogens is 318 g/mol. The normalized spacial score (nSPS) is 10.1. The number of nitrogens with one attached hydrogen (secondary N) is 3. The lowest BCUT2D eigenvalue weighted by atomic mass is 10.3. The monoisotopic (exact) mass is 329 g/mol. The van der Waals surface area contributed by atoms with Crippen LogP contribution in [0.2, 0.25) is 0 Å². The molecule has 0 saturated carbocycles. The summed E-state index contributed by atoms with van der Waals surface area (Å²) in [4.78, 5) is 22.7. The van der Waals surface area contributed by atoms with Gasteiger partial charge in [0.05, 0.1) is 10.6 Å². The molecule has 0 amide bonds. The van der Waals surface area contributed by atoms with Gasteiger partial charge in [0.15, 0.2) is 5.13 Å². The molecule has 1 aromatic carbocycles. The molecule has 0 fully saturated rings. The lowest BCUT2D eigenvalue weighted by molar-refractivity contribution is -0.383. The van der Waals surface area contributed by atoms with E-state index in [1.165, 1.54) is 17.7 Å². The third-order valence-corrected chi connectivity index (χ3v) is 3.45. The molecule has 0 unspecified atom stereocenters. The number of hydrogen-bond acceptors (Lipinski definition) is 9. The molecule has 3 aromatic rings. The number of para-hydroxylation sites is 1. The van der Waals surface area contributed by atoms with Crippen LogP contribution in [0.1, 0.15) is 0 Å². The first-order chi connectivity index (χ1) is 11.2. The van der Waals surface area contributed by atoms with Crippen LogP contribution in [0.15, 0.2) is 48.2 Å². The molecule has 3 rings (SSSR count). The number of thiazole rings is 1. The van der Waals surface area contributed by atoms with E-state index in [4.69, 9.17) is 0 Å². The zero-order chi connectivity index (χ0) is 16.1. The molecule has 0 saturated heterocycles. The van der Waals surface area contributed by atoms with E-state index in [1.54, 1.807) is 11.6 Å². The Morgan fingerprint density at radius 3 is 2.52 bits per heavy atom. The Morgan fingerprint density at radius 2 is 1.83 bits per heavy atom. The molecule has 0 atom stereocenters. The van der Waals surface area contributed by atoms with Crippen LogP contribution in [0, 0.1) is 10.1 Å². The fourth-order valence-corrected chi connectivity index (χ4v) is 2.30. The van der Waals surface area contributed by atoms with E-state index < -0.39 is 4.92 Å². The molecule has 2 aromatic heterocycles. The zero-order valence-corrected chi connectivity index (χ0v) is 12.4. The van der Waals surface area contributed by atoms with E-state index in [9.17, 15) is 10.1 Å². The highest BCUT2D eigenvalue weighted by atomic mass is 32.1. The topological polar surface area (TPSA) is 118 Å². The molecule has 0 aliphatic heterocycles. The predicted octanol–water partition coefficient (Wildman–Crippen LogP) is 3.02. The summed E-state index contributed by atoms with van der Waals surface area (Å²) in [6.45, 7) is 0. The largest absolute Gasteiger partial charge is 0.355 e. The summed E-state index contributed by atoms with van der Waals surface area (Å²) in [5, 5.41) is 16.5. The van der Waals surface area contributed by atoms with Crippen LogP contribution in [0.4, 0.5) is 28.1 Å². The second kappa shape index (κ2) is 6.66. The van der Waals surface area contributed by atoms with Gasteiger partial charge in [-0.2, -0.15) is 0 Å². The fourth-order valence-electron chi connectivity index (χ4n) is 1.77. The highest BCUT2D eigenvalue weighted by molar-refractivity contribution is 7.13. The van der Waals surface area contributed by atoms with E-state index in [0.29, 0.717) is 5.13 Å². The van der Waals surface area contributed by atoms with Crippen LogP contribution in [0.3, 0.4) is 0 Å². The van der Waals surface area contributed by atoms with Crippen molar-refractivity contribution in [1.29, 1.82) is 0 Å². The Balaban J connectivity index is 1.86. The van der Waals surface area contributed by atoms with Gasteiger partial charge >= 0.3 is 5.69 Å². The molecule has 3 N–H and O–H groups in total. The first kappa shape index (κ1) is 14.7. The average molecular weight is 329 g/mol. The second-order valence-corrected chi connectivity index (χ2v) is 5.15. The van der Waals surface area contributed by atoms with Gasteiger partial charge in [-0.3, -0.25) is 21.0 Å². The van der Waals surface area contributed by atoms with Gasteiger partial charge in [-0.05, 0) is 12.1 Å². The summed E-state index contributed by atoms with van der Waals surface area (Å²) in [7, 11) is 0. The minimum atomic E-state index is -0.551. The number of nitrogens with zero attached hydrogens (tertiary/aromatic N) is 4. The van der Waals surface area contributed by atoms with E-state index in [0.717, 1.165) is 5.69 Å². The molecule has 0 spiro atoms. The first-order valence-electron chi connectivity index (χ1n) is 6.47. The number of hydrogen-bond donors (Lipinski definition) is 3. The summed E-state index contributed by atoms with van der Waals surface area (Å²) >= 11 is 1.31. The molecule has 10 heteroatoms. The molecule has 0 aliphatic rings. The maximum Gasteiger partial charge on any atom is 0.355 e. The molecule has 0 radical (unpaired) electrons. The van der Waals surface area contributed by atoms with E-state index >= 15 is 0 Å². The molecule has 2 heterocycles. The maximum absolute atomic E-state index is 11.4. The van der Waals surface area contributed by atoms with Crippen LogP contribution >= 0.6 is 11.3 Å². The number of anilines is 4. The lowest BCUT2D eigenvalue weighted by Crippen LogP contribution is -2.13. The molecule has 116 valence electrons. The quantitative estimate of drug-likeness (QED) is 0.466. The van der Waals surface area contributed by atoms with Crippen molar-refractivity contribution in [2.75, 3.05) is 16.2 Å². The van der Waals surface area contributed by atoms with Crippen molar-refractivity contribution >= 4 is 39.5 Å². The lowest BCUT2D eigenvalue weighted by Gasteiger charge is -2.10. The zero-order valence-electron chi connectivity index (χ0n) is 11.6. The molecule has 0 aliphatic carbocycles. The van der Waals surface area contributed by atoms with Crippen LogP contribution < -0.4 is 16.2 Å². The third-order valence-electron chi connectivity index (χ3n) is 2.76.